The number of likely N-dealkylation sites (tertiary alicyclic amines) is 1. The Balaban J connectivity index is 1.59. The second-order valence-corrected chi connectivity index (χ2v) is 7.33. The Hall–Kier alpha value is -2.88. The van der Waals surface area contributed by atoms with Crippen LogP contribution in [0.1, 0.15) is 34.7 Å². The van der Waals surface area contributed by atoms with Gasteiger partial charge in [-0.05, 0) is 55.8 Å². The van der Waals surface area contributed by atoms with E-state index < -0.39 is 18.1 Å². The van der Waals surface area contributed by atoms with Crippen molar-refractivity contribution in [3.63, 3.8) is 0 Å². The minimum absolute atomic E-state index is 0.149. The number of carbonyl (C=O) groups excluding carboxylic acids is 2. The van der Waals surface area contributed by atoms with Crippen LogP contribution in [0.5, 0.6) is 5.75 Å². The van der Waals surface area contributed by atoms with Crippen LogP contribution in [0.25, 0.3) is 0 Å². The van der Waals surface area contributed by atoms with Crippen LogP contribution in [-0.4, -0.2) is 58.8 Å². The maximum atomic E-state index is 12.7. The molecule has 9 nitrogen and oxygen atoms in total. The second kappa shape index (κ2) is 10.2. The molecule has 1 aliphatic rings. The molecule has 2 aromatic rings. The van der Waals surface area contributed by atoms with E-state index in [1.807, 2.05) is 6.07 Å². The van der Waals surface area contributed by atoms with E-state index in [-0.39, 0.29) is 19.1 Å². The third-order valence-corrected chi connectivity index (χ3v) is 4.96. The van der Waals surface area contributed by atoms with Crippen molar-refractivity contribution in [3.05, 3.63) is 53.5 Å². The average molecular weight is 417 g/mol. The van der Waals surface area contributed by atoms with Crippen LogP contribution in [0.15, 0.2) is 40.8 Å². The Bertz CT molecular complexity index is 851. The number of rotatable bonds is 8. The number of aliphatic hydroxyl groups excluding tert-OH is 2. The highest BCUT2D eigenvalue weighted by molar-refractivity contribution is 5.94. The van der Waals surface area contributed by atoms with Crippen molar-refractivity contribution < 1.29 is 29.0 Å². The summed E-state index contributed by atoms with van der Waals surface area (Å²) in [6.07, 6.45) is 0.732. The SMILES string of the molecule is NC(=O)COc1ccc(C(=O)N[C@@H]2CN(Cc3ccc(CO)o3)CCC[C@H]2O)cc1. The summed E-state index contributed by atoms with van der Waals surface area (Å²) in [7, 11) is 0. The van der Waals surface area contributed by atoms with Gasteiger partial charge in [0.2, 0.25) is 0 Å². The molecule has 2 amide bonds. The summed E-state index contributed by atoms with van der Waals surface area (Å²) in [6, 6.07) is 9.48. The first-order chi connectivity index (χ1) is 14.4. The molecule has 1 aromatic carbocycles. The van der Waals surface area contributed by atoms with Crippen LogP contribution >= 0.6 is 0 Å². The smallest absolute Gasteiger partial charge is 0.255 e. The maximum Gasteiger partial charge on any atom is 0.255 e. The number of amides is 2. The van der Waals surface area contributed by atoms with E-state index in [4.69, 9.17) is 20.0 Å². The second-order valence-electron chi connectivity index (χ2n) is 7.33. The molecule has 0 saturated carbocycles. The molecule has 0 unspecified atom stereocenters. The number of aliphatic hydroxyl groups is 2. The average Bonchev–Trinajstić information content (AvgIpc) is 3.12. The minimum Gasteiger partial charge on any atom is -0.484 e. The summed E-state index contributed by atoms with van der Waals surface area (Å²) in [6.45, 7) is 1.40. The van der Waals surface area contributed by atoms with E-state index in [0.717, 1.165) is 18.7 Å². The van der Waals surface area contributed by atoms with Crippen molar-refractivity contribution in [1.29, 1.82) is 0 Å². The van der Waals surface area contributed by atoms with Crippen LogP contribution < -0.4 is 15.8 Å². The third-order valence-electron chi connectivity index (χ3n) is 4.96. The molecular weight excluding hydrogens is 390 g/mol. The molecule has 1 aromatic heterocycles. The van der Waals surface area contributed by atoms with Gasteiger partial charge in [-0.25, -0.2) is 0 Å². The highest BCUT2D eigenvalue weighted by Gasteiger charge is 2.27. The minimum atomic E-state index is -0.651. The Labute approximate surface area is 174 Å². The van der Waals surface area contributed by atoms with E-state index in [1.165, 1.54) is 0 Å². The predicted molar refractivity (Wildman–Crippen MR) is 108 cm³/mol. The van der Waals surface area contributed by atoms with Gasteiger partial charge in [-0.3, -0.25) is 14.5 Å². The van der Waals surface area contributed by atoms with Gasteiger partial charge in [0.1, 0.15) is 23.9 Å². The Morgan fingerprint density at radius 2 is 1.93 bits per heavy atom. The molecule has 0 bridgehead atoms. The Kier molecular flexibility index (Phi) is 7.45. The van der Waals surface area contributed by atoms with Gasteiger partial charge in [-0.2, -0.15) is 0 Å². The van der Waals surface area contributed by atoms with Gasteiger partial charge >= 0.3 is 0 Å². The van der Waals surface area contributed by atoms with Crippen molar-refractivity contribution >= 4 is 11.8 Å². The molecule has 0 radical (unpaired) electrons. The van der Waals surface area contributed by atoms with Gasteiger partial charge in [-0.15, -0.1) is 0 Å². The zero-order valence-corrected chi connectivity index (χ0v) is 16.6. The maximum absolute atomic E-state index is 12.7. The van der Waals surface area contributed by atoms with E-state index in [0.29, 0.717) is 36.6 Å². The van der Waals surface area contributed by atoms with Crippen molar-refractivity contribution in [2.24, 2.45) is 5.73 Å². The number of primary amides is 1. The first-order valence-electron chi connectivity index (χ1n) is 9.85. The van der Waals surface area contributed by atoms with Gasteiger partial charge in [0.15, 0.2) is 6.61 Å². The molecule has 1 aliphatic heterocycles. The molecule has 5 N–H and O–H groups in total. The van der Waals surface area contributed by atoms with Gasteiger partial charge in [0.05, 0.1) is 18.7 Å². The lowest BCUT2D eigenvalue weighted by atomic mass is 10.1. The number of nitrogens with zero attached hydrogens (tertiary/aromatic N) is 1. The predicted octanol–water partition coefficient (Wildman–Crippen LogP) is 0.391. The van der Waals surface area contributed by atoms with E-state index in [2.05, 4.69) is 10.2 Å². The number of hydrogen-bond acceptors (Lipinski definition) is 7. The summed E-state index contributed by atoms with van der Waals surface area (Å²) in [5.74, 6) is 0.792. The molecular formula is C21H27N3O6. The Morgan fingerprint density at radius 1 is 1.20 bits per heavy atom. The number of furan rings is 1. The number of carbonyl (C=O) groups is 2. The fraction of sp³-hybridized carbons (Fsp3) is 0.429. The number of hydrogen-bond donors (Lipinski definition) is 4. The van der Waals surface area contributed by atoms with Gasteiger partial charge < -0.3 is 30.4 Å². The lowest BCUT2D eigenvalue weighted by Crippen LogP contribution is -2.48. The Morgan fingerprint density at radius 3 is 2.60 bits per heavy atom. The highest BCUT2D eigenvalue weighted by Crippen LogP contribution is 2.18. The van der Waals surface area contributed by atoms with Crippen LogP contribution in [0, 0.1) is 0 Å². The van der Waals surface area contributed by atoms with Gasteiger partial charge in [0.25, 0.3) is 11.8 Å². The molecule has 0 aliphatic carbocycles. The number of nitrogens with two attached hydrogens (primary N) is 1. The molecule has 9 heteroatoms. The number of ether oxygens (including phenoxy) is 1. The van der Waals surface area contributed by atoms with Crippen LogP contribution in [0.3, 0.4) is 0 Å². The van der Waals surface area contributed by atoms with Crippen LogP contribution in [-0.2, 0) is 17.9 Å². The van der Waals surface area contributed by atoms with E-state index in [1.54, 1.807) is 30.3 Å². The first kappa shape index (κ1) is 21.8. The van der Waals surface area contributed by atoms with E-state index in [9.17, 15) is 14.7 Å². The van der Waals surface area contributed by atoms with Crippen molar-refractivity contribution in [2.75, 3.05) is 19.7 Å². The van der Waals surface area contributed by atoms with Crippen molar-refractivity contribution in [2.45, 2.75) is 38.1 Å². The fourth-order valence-electron chi connectivity index (χ4n) is 3.42. The van der Waals surface area contributed by atoms with Crippen molar-refractivity contribution in [3.8, 4) is 5.75 Å². The standard InChI is InChI=1S/C21H27N3O6/c22-20(27)13-29-15-5-3-14(4-6-15)21(28)23-18-11-24(9-1-2-19(18)26)10-16-7-8-17(12-25)30-16/h3-8,18-19,25-26H,1-2,9-13H2,(H2,22,27)(H,23,28)/t18-,19-/m1/s1. The molecule has 1 saturated heterocycles. The van der Waals surface area contributed by atoms with Crippen LogP contribution in [0.4, 0.5) is 0 Å². The fourth-order valence-corrected chi connectivity index (χ4v) is 3.42. The summed E-state index contributed by atoms with van der Waals surface area (Å²) >= 11 is 0. The topological polar surface area (TPSA) is 138 Å². The zero-order valence-electron chi connectivity index (χ0n) is 16.6. The third kappa shape index (κ3) is 6.06. The van der Waals surface area contributed by atoms with Crippen LogP contribution in [0.2, 0.25) is 0 Å². The molecule has 30 heavy (non-hydrogen) atoms. The first-order valence-corrected chi connectivity index (χ1v) is 9.85. The van der Waals surface area contributed by atoms with Gasteiger partial charge in [0, 0.05) is 12.1 Å². The molecule has 1 fully saturated rings. The summed E-state index contributed by atoms with van der Waals surface area (Å²) in [5.41, 5.74) is 5.46. The lowest BCUT2D eigenvalue weighted by molar-refractivity contribution is -0.119. The monoisotopic (exact) mass is 417 g/mol. The molecule has 162 valence electrons. The molecule has 0 spiro atoms. The zero-order chi connectivity index (χ0) is 21.5. The van der Waals surface area contributed by atoms with Gasteiger partial charge in [-0.1, -0.05) is 0 Å². The highest BCUT2D eigenvalue weighted by atomic mass is 16.5. The normalized spacial score (nSPS) is 19.8. The summed E-state index contributed by atoms with van der Waals surface area (Å²) < 4.78 is 10.7. The number of benzene rings is 1. The molecule has 3 rings (SSSR count). The largest absolute Gasteiger partial charge is 0.484 e. The molecule has 2 atom stereocenters. The summed E-state index contributed by atoms with van der Waals surface area (Å²) in [4.78, 5) is 25.5. The lowest BCUT2D eigenvalue weighted by Gasteiger charge is -2.26. The molecule has 2 heterocycles. The number of nitrogens with one attached hydrogen (secondary N) is 1. The van der Waals surface area contributed by atoms with E-state index >= 15 is 0 Å². The quantitative estimate of drug-likeness (QED) is 0.487. The van der Waals surface area contributed by atoms with Crippen molar-refractivity contribution in [1.82, 2.24) is 10.2 Å². The summed E-state index contributed by atoms with van der Waals surface area (Å²) in [5, 5.41) is 22.5.